The van der Waals surface area contributed by atoms with Crippen LogP contribution in [0, 0.1) is 16.0 Å². The van der Waals surface area contributed by atoms with E-state index < -0.39 is 10.8 Å². The second-order valence-corrected chi connectivity index (χ2v) is 5.10. The summed E-state index contributed by atoms with van der Waals surface area (Å²) in [6, 6.07) is 3.82. The Bertz CT molecular complexity index is 515. The van der Waals surface area contributed by atoms with Gasteiger partial charge in [-0.1, -0.05) is 11.6 Å². The summed E-state index contributed by atoms with van der Waals surface area (Å²) in [6.07, 6.45) is 1.84. The number of non-ortho nitro benzene ring substituents is 1. The number of benzene rings is 1. The first-order valence-electron chi connectivity index (χ1n) is 6.38. The molecule has 0 aliphatic carbocycles. The molecule has 1 unspecified atom stereocenters. The predicted molar refractivity (Wildman–Crippen MR) is 74.0 cm³/mol. The zero-order valence-corrected chi connectivity index (χ0v) is 11.6. The maximum Gasteiger partial charge on any atom is 0.270 e. The molecule has 0 bridgehead atoms. The van der Waals surface area contributed by atoms with E-state index in [1.165, 1.54) is 18.2 Å². The lowest BCUT2D eigenvalue weighted by Crippen LogP contribution is -2.26. The van der Waals surface area contributed by atoms with Crippen molar-refractivity contribution in [2.24, 2.45) is 5.92 Å². The van der Waals surface area contributed by atoms with Crippen LogP contribution in [0.15, 0.2) is 18.2 Å². The van der Waals surface area contributed by atoms with Gasteiger partial charge in [-0.05, 0) is 24.8 Å². The summed E-state index contributed by atoms with van der Waals surface area (Å²) in [7, 11) is 0. The minimum atomic E-state index is -0.553. The zero-order chi connectivity index (χ0) is 14.5. The highest BCUT2D eigenvalue weighted by Crippen LogP contribution is 2.22. The number of carbonyl (C=O) groups is 1. The van der Waals surface area contributed by atoms with Crippen molar-refractivity contribution in [2.75, 3.05) is 19.8 Å². The Kier molecular flexibility index (Phi) is 4.92. The molecule has 1 N–H and O–H groups in total. The molecule has 6 nitrogen and oxygen atoms in total. The van der Waals surface area contributed by atoms with Crippen LogP contribution >= 0.6 is 11.6 Å². The van der Waals surface area contributed by atoms with E-state index in [9.17, 15) is 14.9 Å². The van der Waals surface area contributed by atoms with Crippen LogP contribution in [0.1, 0.15) is 23.2 Å². The molecule has 0 spiro atoms. The van der Waals surface area contributed by atoms with Crippen molar-refractivity contribution in [3.8, 4) is 0 Å². The number of carbonyl (C=O) groups excluding carboxylic acids is 1. The molecule has 1 aliphatic rings. The molecule has 0 saturated carbocycles. The third-order valence-corrected chi connectivity index (χ3v) is 3.60. The largest absolute Gasteiger partial charge is 0.381 e. The third kappa shape index (κ3) is 3.68. The van der Waals surface area contributed by atoms with Crippen molar-refractivity contribution in [3.05, 3.63) is 38.9 Å². The van der Waals surface area contributed by atoms with Crippen LogP contribution in [0.5, 0.6) is 0 Å². The molecule has 20 heavy (non-hydrogen) atoms. The van der Waals surface area contributed by atoms with E-state index in [1.807, 2.05) is 0 Å². The maximum atomic E-state index is 12.0. The molecule has 1 saturated heterocycles. The number of hydrogen-bond donors (Lipinski definition) is 1. The summed E-state index contributed by atoms with van der Waals surface area (Å²) in [5.41, 5.74) is -0.0210. The molecular weight excluding hydrogens is 284 g/mol. The Morgan fingerprint density at radius 2 is 2.35 bits per heavy atom. The highest BCUT2D eigenvalue weighted by Gasteiger charge is 2.18. The number of amides is 1. The van der Waals surface area contributed by atoms with Gasteiger partial charge in [0.05, 0.1) is 15.5 Å². The van der Waals surface area contributed by atoms with Gasteiger partial charge < -0.3 is 10.1 Å². The van der Waals surface area contributed by atoms with Gasteiger partial charge in [-0.25, -0.2) is 0 Å². The first-order valence-corrected chi connectivity index (χ1v) is 6.75. The predicted octanol–water partition coefficient (Wildman–Crippen LogP) is 2.40. The van der Waals surface area contributed by atoms with Gasteiger partial charge in [0.15, 0.2) is 0 Å². The van der Waals surface area contributed by atoms with Crippen LogP contribution < -0.4 is 5.32 Å². The van der Waals surface area contributed by atoms with Crippen LogP contribution in [0.25, 0.3) is 0 Å². The molecule has 1 fully saturated rings. The van der Waals surface area contributed by atoms with Crippen molar-refractivity contribution in [3.63, 3.8) is 0 Å². The fourth-order valence-corrected chi connectivity index (χ4v) is 2.30. The molecule has 108 valence electrons. The Labute approximate surface area is 121 Å². The molecule has 1 amide bonds. The van der Waals surface area contributed by atoms with E-state index in [0.717, 1.165) is 26.1 Å². The standard InChI is InChI=1S/C13H15ClN2O4/c14-12-2-1-10(16(18)19)7-11(12)13(17)15-5-3-9-4-6-20-8-9/h1-2,7,9H,3-6,8H2,(H,15,17). The molecule has 1 heterocycles. The van der Waals surface area contributed by atoms with Gasteiger partial charge in [-0.2, -0.15) is 0 Å². The third-order valence-electron chi connectivity index (χ3n) is 3.27. The van der Waals surface area contributed by atoms with E-state index in [-0.39, 0.29) is 16.3 Å². The van der Waals surface area contributed by atoms with Gasteiger partial charge in [0.2, 0.25) is 0 Å². The second-order valence-electron chi connectivity index (χ2n) is 4.70. The molecule has 1 atom stereocenters. The van der Waals surface area contributed by atoms with Crippen LogP contribution in [-0.2, 0) is 4.74 Å². The summed E-state index contributed by atoms with van der Waals surface area (Å²) < 4.78 is 5.25. The van der Waals surface area contributed by atoms with Crippen LogP contribution in [0.3, 0.4) is 0 Å². The number of rotatable bonds is 5. The lowest BCUT2D eigenvalue weighted by Gasteiger charge is -2.09. The normalized spacial score (nSPS) is 17.9. The SMILES string of the molecule is O=C(NCCC1CCOC1)c1cc([N+](=O)[O-])ccc1Cl. The molecule has 0 radical (unpaired) electrons. The van der Waals surface area contributed by atoms with Crippen molar-refractivity contribution in [1.29, 1.82) is 0 Å². The van der Waals surface area contributed by atoms with Gasteiger partial charge >= 0.3 is 0 Å². The minimum absolute atomic E-state index is 0.128. The highest BCUT2D eigenvalue weighted by atomic mass is 35.5. The van der Waals surface area contributed by atoms with Gasteiger partial charge in [0, 0.05) is 31.9 Å². The molecule has 7 heteroatoms. The Morgan fingerprint density at radius 3 is 3.00 bits per heavy atom. The van der Waals surface area contributed by atoms with Gasteiger partial charge in [0.25, 0.3) is 11.6 Å². The van der Waals surface area contributed by atoms with E-state index in [2.05, 4.69) is 5.32 Å². The fourth-order valence-electron chi connectivity index (χ4n) is 2.10. The lowest BCUT2D eigenvalue weighted by molar-refractivity contribution is -0.384. The summed E-state index contributed by atoms with van der Waals surface area (Å²) in [6.45, 7) is 2.01. The number of nitrogens with zero attached hydrogens (tertiary/aromatic N) is 1. The molecule has 2 rings (SSSR count). The summed E-state index contributed by atoms with van der Waals surface area (Å²) in [5.74, 6) is 0.0773. The number of ether oxygens (including phenoxy) is 1. The fraction of sp³-hybridized carbons (Fsp3) is 0.462. The van der Waals surface area contributed by atoms with E-state index in [1.54, 1.807) is 0 Å². The molecule has 1 aromatic carbocycles. The zero-order valence-electron chi connectivity index (χ0n) is 10.8. The topological polar surface area (TPSA) is 81.5 Å². The highest BCUT2D eigenvalue weighted by molar-refractivity contribution is 6.33. The number of nitro benzene ring substituents is 1. The first-order chi connectivity index (χ1) is 9.58. The number of halogens is 1. The molecular formula is C13H15ClN2O4. The van der Waals surface area contributed by atoms with Crippen molar-refractivity contribution >= 4 is 23.2 Å². The summed E-state index contributed by atoms with van der Waals surface area (Å²) in [4.78, 5) is 22.1. The second kappa shape index (κ2) is 6.67. The maximum absolute atomic E-state index is 12.0. The van der Waals surface area contributed by atoms with E-state index >= 15 is 0 Å². The molecule has 1 aliphatic heterocycles. The minimum Gasteiger partial charge on any atom is -0.381 e. The van der Waals surface area contributed by atoms with Crippen molar-refractivity contribution in [2.45, 2.75) is 12.8 Å². The van der Waals surface area contributed by atoms with Crippen LogP contribution in [0.4, 0.5) is 5.69 Å². The van der Waals surface area contributed by atoms with Crippen molar-refractivity contribution < 1.29 is 14.5 Å². The van der Waals surface area contributed by atoms with Gasteiger partial charge in [0.1, 0.15) is 0 Å². The Morgan fingerprint density at radius 1 is 1.55 bits per heavy atom. The Hall–Kier alpha value is -1.66. The van der Waals surface area contributed by atoms with Crippen LogP contribution in [-0.4, -0.2) is 30.6 Å². The number of hydrogen-bond acceptors (Lipinski definition) is 4. The number of nitro groups is 1. The number of nitrogens with one attached hydrogen (secondary N) is 1. The van der Waals surface area contributed by atoms with Crippen LogP contribution in [0.2, 0.25) is 5.02 Å². The summed E-state index contributed by atoms with van der Waals surface area (Å²) >= 11 is 5.90. The van der Waals surface area contributed by atoms with E-state index in [0.29, 0.717) is 12.5 Å². The summed E-state index contributed by atoms with van der Waals surface area (Å²) in [5, 5.41) is 13.6. The van der Waals surface area contributed by atoms with Gasteiger partial charge in [-0.15, -0.1) is 0 Å². The Balaban J connectivity index is 1.94. The smallest absolute Gasteiger partial charge is 0.270 e. The van der Waals surface area contributed by atoms with E-state index in [4.69, 9.17) is 16.3 Å². The molecule has 1 aromatic rings. The lowest BCUT2D eigenvalue weighted by atomic mass is 10.1. The van der Waals surface area contributed by atoms with Crippen molar-refractivity contribution in [1.82, 2.24) is 5.32 Å². The average molecular weight is 299 g/mol. The monoisotopic (exact) mass is 298 g/mol. The van der Waals surface area contributed by atoms with Gasteiger partial charge in [-0.3, -0.25) is 14.9 Å². The quantitative estimate of drug-likeness (QED) is 0.668. The first kappa shape index (κ1) is 14.7. The molecule has 0 aromatic heterocycles. The average Bonchev–Trinajstić information content (AvgIpc) is 2.92.